The normalized spacial score (nSPS) is 16.3. The van der Waals surface area contributed by atoms with Crippen molar-refractivity contribution in [2.45, 2.75) is 31.9 Å². The molecule has 0 aromatic carbocycles. The van der Waals surface area contributed by atoms with Crippen LogP contribution in [0.15, 0.2) is 0 Å². The Morgan fingerprint density at radius 3 is 2.50 bits per heavy atom. The fourth-order valence-electron chi connectivity index (χ4n) is 0.561. The Bertz CT molecular complexity index is 116. The van der Waals surface area contributed by atoms with Crippen LogP contribution in [-0.4, -0.2) is 28.3 Å². The molecule has 0 aromatic heterocycles. The SMILES string of the molecule is CC[C@H](O)C[C@@H](N)C(=O)O. The Kier molecular flexibility index (Phi) is 3.99. The molecule has 0 aliphatic heterocycles. The van der Waals surface area contributed by atoms with Crippen molar-refractivity contribution in [3.63, 3.8) is 0 Å². The minimum Gasteiger partial charge on any atom is -0.480 e. The summed E-state index contributed by atoms with van der Waals surface area (Å²) in [6.45, 7) is 1.78. The van der Waals surface area contributed by atoms with Crippen molar-refractivity contribution >= 4 is 5.97 Å². The molecule has 4 nitrogen and oxygen atoms in total. The topological polar surface area (TPSA) is 83.5 Å². The van der Waals surface area contributed by atoms with Crippen molar-refractivity contribution in [1.82, 2.24) is 0 Å². The van der Waals surface area contributed by atoms with Crippen LogP contribution in [-0.2, 0) is 4.79 Å². The summed E-state index contributed by atoms with van der Waals surface area (Å²) in [4.78, 5) is 10.1. The first-order valence-electron chi connectivity index (χ1n) is 3.24. The highest BCUT2D eigenvalue weighted by Gasteiger charge is 2.14. The summed E-state index contributed by atoms with van der Waals surface area (Å²) in [7, 11) is 0. The van der Waals surface area contributed by atoms with Crippen LogP contribution >= 0.6 is 0 Å². The third-order valence-corrected chi connectivity index (χ3v) is 1.31. The predicted octanol–water partition coefficient (Wildman–Crippen LogP) is -0.441. The zero-order valence-electron chi connectivity index (χ0n) is 5.95. The molecule has 0 unspecified atom stereocenters. The van der Waals surface area contributed by atoms with E-state index in [1.807, 2.05) is 0 Å². The summed E-state index contributed by atoms with van der Waals surface area (Å²) in [5, 5.41) is 17.2. The molecule has 0 fully saturated rings. The van der Waals surface area contributed by atoms with Crippen LogP contribution in [0.5, 0.6) is 0 Å². The lowest BCUT2D eigenvalue weighted by Crippen LogP contribution is -2.33. The minimum atomic E-state index is -1.06. The first kappa shape index (κ1) is 9.39. The van der Waals surface area contributed by atoms with Gasteiger partial charge in [-0.25, -0.2) is 0 Å². The van der Waals surface area contributed by atoms with Crippen molar-refractivity contribution in [1.29, 1.82) is 0 Å². The van der Waals surface area contributed by atoms with E-state index in [4.69, 9.17) is 15.9 Å². The summed E-state index contributed by atoms with van der Waals surface area (Å²) < 4.78 is 0. The summed E-state index contributed by atoms with van der Waals surface area (Å²) in [5.41, 5.74) is 5.13. The van der Waals surface area contributed by atoms with Gasteiger partial charge >= 0.3 is 5.97 Å². The van der Waals surface area contributed by atoms with Crippen molar-refractivity contribution in [2.24, 2.45) is 5.73 Å². The van der Waals surface area contributed by atoms with Crippen molar-refractivity contribution in [2.75, 3.05) is 0 Å². The molecule has 0 saturated carbocycles. The number of rotatable bonds is 4. The molecule has 2 atom stereocenters. The summed E-state index contributed by atoms with van der Waals surface area (Å²) in [5.74, 6) is -1.06. The van der Waals surface area contributed by atoms with Crippen LogP contribution in [0.2, 0.25) is 0 Å². The number of nitrogens with two attached hydrogens (primary N) is 1. The number of carbonyl (C=O) groups is 1. The van der Waals surface area contributed by atoms with Gasteiger partial charge in [0.25, 0.3) is 0 Å². The highest BCUT2D eigenvalue weighted by molar-refractivity contribution is 5.73. The van der Waals surface area contributed by atoms with Gasteiger partial charge in [-0.2, -0.15) is 0 Å². The maximum absolute atomic E-state index is 10.1. The van der Waals surface area contributed by atoms with E-state index in [1.165, 1.54) is 0 Å². The van der Waals surface area contributed by atoms with Gasteiger partial charge < -0.3 is 15.9 Å². The van der Waals surface area contributed by atoms with Gasteiger partial charge in [0.05, 0.1) is 6.10 Å². The Hall–Kier alpha value is -0.610. The van der Waals surface area contributed by atoms with Gasteiger partial charge in [0.1, 0.15) is 6.04 Å². The fourth-order valence-corrected chi connectivity index (χ4v) is 0.561. The number of aliphatic hydroxyl groups excluding tert-OH is 1. The lowest BCUT2D eigenvalue weighted by atomic mass is 10.1. The zero-order chi connectivity index (χ0) is 8.15. The van der Waals surface area contributed by atoms with E-state index in [2.05, 4.69) is 0 Å². The van der Waals surface area contributed by atoms with E-state index in [0.29, 0.717) is 6.42 Å². The van der Waals surface area contributed by atoms with Gasteiger partial charge in [-0.1, -0.05) is 6.92 Å². The van der Waals surface area contributed by atoms with E-state index in [9.17, 15) is 4.79 Å². The molecule has 0 amide bonds. The Morgan fingerprint density at radius 1 is 1.70 bits per heavy atom. The number of hydrogen-bond acceptors (Lipinski definition) is 3. The molecule has 0 bridgehead atoms. The van der Waals surface area contributed by atoms with Crippen molar-refractivity contribution in [3.05, 3.63) is 0 Å². The van der Waals surface area contributed by atoms with Gasteiger partial charge in [-0.05, 0) is 12.8 Å². The third kappa shape index (κ3) is 3.42. The first-order chi connectivity index (χ1) is 4.57. The van der Waals surface area contributed by atoms with Crippen molar-refractivity contribution < 1.29 is 15.0 Å². The second-order valence-electron chi connectivity index (χ2n) is 2.24. The number of carboxylic acids is 1. The van der Waals surface area contributed by atoms with Crippen LogP contribution in [0.1, 0.15) is 19.8 Å². The molecule has 4 N–H and O–H groups in total. The summed E-state index contributed by atoms with van der Waals surface area (Å²) >= 11 is 0. The molecular formula is C6H13NO3. The Balaban J connectivity index is 3.56. The predicted molar refractivity (Wildman–Crippen MR) is 36.5 cm³/mol. The van der Waals surface area contributed by atoms with Crippen molar-refractivity contribution in [3.8, 4) is 0 Å². The van der Waals surface area contributed by atoms with E-state index < -0.39 is 18.1 Å². The average molecular weight is 147 g/mol. The fraction of sp³-hybridized carbons (Fsp3) is 0.833. The molecule has 0 spiro atoms. The molecule has 0 aliphatic carbocycles. The Morgan fingerprint density at radius 2 is 2.20 bits per heavy atom. The van der Waals surface area contributed by atoms with Gasteiger partial charge in [0.2, 0.25) is 0 Å². The molecule has 0 saturated heterocycles. The molecule has 0 rings (SSSR count). The van der Waals surface area contributed by atoms with E-state index >= 15 is 0 Å². The highest BCUT2D eigenvalue weighted by Crippen LogP contribution is 1.99. The maximum Gasteiger partial charge on any atom is 0.320 e. The van der Waals surface area contributed by atoms with Gasteiger partial charge in [-0.15, -0.1) is 0 Å². The van der Waals surface area contributed by atoms with Gasteiger partial charge in [-0.3, -0.25) is 4.79 Å². The lowest BCUT2D eigenvalue weighted by molar-refractivity contribution is -0.139. The molecule has 60 valence electrons. The van der Waals surface area contributed by atoms with Crippen LogP contribution in [0.3, 0.4) is 0 Å². The van der Waals surface area contributed by atoms with E-state index in [1.54, 1.807) is 6.92 Å². The van der Waals surface area contributed by atoms with E-state index in [-0.39, 0.29) is 6.42 Å². The average Bonchev–Trinajstić information content (AvgIpc) is 1.87. The summed E-state index contributed by atoms with van der Waals surface area (Å²) in [6.07, 6.45) is 0.0819. The smallest absolute Gasteiger partial charge is 0.320 e. The standard InChI is InChI=1S/C6H13NO3/c1-2-4(8)3-5(7)6(9)10/h4-5,8H,2-3,7H2,1H3,(H,9,10)/t4-,5+/m0/s1. The number of hydrogen-bond donors (Lipinski definition) is 3. The Labute approximate surface area is 59.7 Å². The molecular weight excluding hydrogens is 134 g/mol. The largest absolute Gasteiger partial charge is 0.480 e. The molecule has 0 aliphatic rings. The second kappa shape index (κ2) is 4.24. The quantitative estimate of drug-likeness (QED) is 0.503. The van der Waals surface area contributed by atoms with Crippen LogP contribution in [0.25, 0.3) is 0 Å². The molecule has 0 heterocycles. The number of aliphatic hydroxyl groups is 1. The van der Waals surface area contributed by atoms with Gasteiger partial charge in [0.15, 0.2) is 0 Å². The summed E-state index contributed by atoms with van der Waals surface area (Å²) in [6, 6.07) is -0.935. The van der Waals surface area contributed by atoms with E-state index in [0.717, 1.165) is 0 Å². The maximum atomic E-state index is 10.1. The zero-order valence-corrected chi connectivity index (χ0v) is 5.95. The van der Waals surface area contributed by atoms with Gasteiger partial charge in [0, 0.05) is 0 Å². The monoisotopic (exact) mass is 147 g/mol. The minimum absolute atomic E-state index is 0.131. The van der Waals surface area contributed by atoms with Crippen LogP contribution < -0.4 is 5.73 Å². The first-order valence-corrected chi connectivity index (χ1v) is 3.24. The third-order valence-electron chi connectivity index (χ3n) is 1.31. The molecule has 10 heavy (non-hydrogen) atoms. The molecule has 0 aromatic rings. The molecule has 4 heteroatoms. The lowest BCUT2D eigenvalue weighted by Gasteiger charge is -2.09. The number of aliphatic carboxylic acids is 1. The van der Waals surface area contributed by atoms with Crippen LogP contribution in [0.4, 0.5) is 0 Å². The van der Waals surface area contributed by atoms with Crippen LogP contribution in [0, 0.1) is 0 Å². The molecule has 0 radical (unpaired) electrons. The second-order valence-corrected chi connectivity index (χ2v) is 2.24. The number of carboxylic acid groups (broad SMARTS) is 1. The highest BCUT2D eigenvalue weighted by atomic mass is 16.4.